The fourth-order valence-electron chi connectivity index (χ4n) is 1.76. The van der Waals surface area contributed by atoms with Crippen molar-refractivity contribution in [2.75, 3.05) is 0 Å². The molecule has 1 unspecified atom stereocenters. The molecular formula is C14H20ClNOS. The van der Waals surface area contributed by atoms with E-state index in [0.717, 1.165) is 17.7 Å². The second-order valence-corrected chi connectivity index (χ2v) is 5.46. The van der Waals surface area contributed by atoms with E-state index in [-0.39, 0.29) is 11.9 Å². The summed E-state index contributed by atoms with van der Waals surface area (Å²) in [6.45, 7) is 4.19. The van der Waals surface area contributed by atoms with Crippen LogP contribution >= 0.6 is 24.2 Å². The molecule has 1 rings (SSSR count). The molecule has 1 N–H and O–H groups in total. The van der Waals surface area contributed by atoms with Crippen molar-refractivity contribution in [3.05, 3.63) is 28.8 Å². The lowest BCUT2D eigenvalue weighted by Crippen LogP contribution is -2.32. The molecule has 100 valence electrons. The van der Waals surface area contributed by atoms with Crippen molar-refractivity contribution in [1.29, 1.82) is 0 Å². The minimum absolute atomic E-state index is 0.125. The molecule has 0 saturated carbocycles. The Bertz CT molecular complexity index is 409. The monoisotopic (exact) mass is 285 g/mol. The van der Waals surface area contributed by atoms with Gasteiger partial charge in [-0.1, -0.05) is 37.8 Å². The maximum absolute atomic E-state index is 12.0. The predicted molar refractivity (Wildman–Crippen MR) is 79.8 cm³/mol. The van der Waals surface area contributed by atoms with Crippen LogP contribution in [-0.2, 0) is 0 Å². The van der Waals surface area contributed by atoms with Crippen LogP contribution in [0.1, 0.15) is 49.9 Å². The largest absolute Gasteiger partial charge is 0.350 e. The third kappa shape index (κ3) is 4.91. The Labute approximate surface area is 120 Å². The van der Waals surface area contributed by atoms with Gasteiger partial charge in [0.1, 0.15) is 0 Å². The van der Waals surface area contributed by atoms with Gasteiger partial charge >= 0.3 is 0 Å². The third-order valence-electron chi connectivity index (χ3n) is 2.81. The lowest BCUT2D eigenvalue weighted by Gasteiger charge is -2.14. The molecular weight excluding hydrogens is 266 g/mol. The molecule has 1 atom stereocenters. The number of amides is 1. The minimum atomic E-state index is -0.125. The van der Waals surface area contributed by atoms with Gasteiger partial charge in [0, 0.05) is 10.9 Å². The lowest BCUT2D eigenvalue weighted by atomic mass is 10.1. The number of hydrogen-bond acceptors (Lipinski definition) is 2. The highest BCUT2D eigenvalue weighted by atomic mass is 35.5. The molecule has 4 heteroatoms. The van der Waals surface area contributed by atoms with Gasteiger partial charge in [0.15, 0.2) is 0 Å². The highest BCUT2D eigenvalue weighted by Gasteiger charge is 2.13. The van der Waals surface area contributed by atoms with Gasteiger partial charge in [-0.3, -0.25) is 4.79 Å². The summed E-state index contributed by atoms with van der Waals surface area (Å²) >= 11 is 10.2. The Morgan fingerprint density at radius 1 is 1.44 bits per heavy atom. The Balaban J connectivity index is 2.56. The van der Waals surface area contributed by atoms with Gasteiger partial charge in [-0.25, -0.2) is 0 Å². The van der Waals surface area contributed by atoms with Crippen LogP contribution in [0.15, 0.2) is 23.1 Å². The zero-order valence-corrected chi connectivity index (χ0v) is 12.5. The second kappa shape index (κ2) is 7.70. The molecule has 18 heavy (non-hydrogen) atoms. The Kier molecular flexibility index (Phi) is 6.58. The second-order valence-electron chi connectivity index (χ2n) is 4.53. The van der Waals surface area contributed by atoms with Crippen LogP contribution < -0.4 is 5.32 Å². The van der Waals surface area contributed by atoms with Crippen molar-refractivity contribution < 1.29 is 4.79 Å². The Hall–Kier alpha value is -0.670. The van der Waals surface area contributed by atoms with Crippen LogP contribution in [-0.4, -0.2) is 11.9 Å². The van der Waals surface area contributed by atoms with E-state index in [2.05, 4.69) is 24.9 Å². The molecule has 1 amide bonds. The number of benzene rings is 1. The normalized spacial score (nSPS) is 12.2. The van der Waals surface area contributed by atoms with E-state index < -0.39 is 0 Å². The maximum atomic E-state index is 12.0. The molecule has 0 bridgehead atoms. The number of carbonyl (C=O) groups excluding carboxylic acids is 1. The SMILES string of the molecule is CCCCCC(C)NC(=O)c1cc(S)ccc1Cl. The van der Waals surface area contributed by atoms with Gasteiger partial charge in [0.25, 0.3) is 5.91 Å². The molecule has 0 spiro atoms. The number of rotatable bonds is 6. The summed E-state index contributed by atoms with van der Waals surface area (Å²) in [5.74, 6) is -0.125. The summed E-state index contributed by atoms with van der Waals surface area (Å²) in [7, 11) is 0. The average Bonchev–Trinajstić information content (AvgIpc) is 2.32. The number of thiol groups is 1. The van der Waals surface area contributed by atoms with Crippen LogP contribution in [0.2, 0.25) is 5.02 Å². The first kappa shape index (κ1) is 15.4. The molecule has 2 nitrogen and oxygen atoms in total. The van der Waals surface area contributed by atoms with E-state index in [0.29, 0.717) is 10.6 Å². The van der Waals surface area contributed by atoms with Gasteiger partial charge in [-0.05, 0) is 31.5 Å². The quantitative estimate of drug-likeness (QED) is 0.591. The fourth-order valence-corrected chi connectivity index (χ4v) is 2.17. The van der Waals surface area contributed by atoms with Crippen LogP contribution in [0, 0.1) is 0 Å². The maximum Gasteiger partial charge on any atom is 0.253 e. The summed E-state index contributed by atoms with van der Waals surface area (Å²) < 4.78 is 0. The van der Waals surface area contributed by atoms with Crippen LogP contribution in [0.3, 0.4) is 0 Å². The molecule has 1 aromatic carbocycles. The van der Waals surface area contributed by atoms with Crippen molar-refractivity contribution in [3.63, 3.8) is 0 Å². The molecule has 0 aliphatic heterocycles. The van der Waals surface area contributed by atoms with Crippen molar-refractivity contribution in [2.45, 2.75) is 50.5 Å². The minimum Gasteiger partial charge on any atom is -0.350 e. The summed E-state index contributed by atoms with van der Waals surface area (Å²) in [6.07, 6.45) is 4.53. The lowest BCUT2D eigenvalue weighted by molar-refractivity contribution is 0.0938. The summed E-state index contributed by atoms with van der Waals surface area (Å²) in [5, 5.41) is 3.43. The van der Waals surface area contributed by atoms with E-state index in [1.165, 1.54) is 12.8 Å². The third-order valence-corrected chi connectivity index (χ3v) is 3.42. The van der Waals surface area contributed by atoms with Gasteiger partial charge in [-0.15, -0.1) is 12.6 Å². The first-order chi connectivity index (χ1) is 8.54. The Morgan fingerprint density at radius 3 is 2.83 bits per heavy atom. The van der Waals surface area contributed by atoms with Crippen molar-refractivity contribution in [2.24, 2.45) is 0 Å². The van der Waals surface area contributed by atoms with E-state index in [1.54, 1.807) is 18.2 Å². The summed E-state index contributed by atoms with van der Waals surface area (Å²) in [6, 6.07) is 5.33. The number of nitrogens with one attached hydrogen (secondary N) is 1. The smallest absolute Gasteiger partial charge is 0.253 e. The van der Waals surface area contributed by atoms with E-state index in [4.69, 9.17) is 11.6 Å². The number of unbranched alkanes of at least 4 members (excludes halogenated alkanes) is 2. The van der Waals surface area contributed by atoms with E-state index in [1.807, 2.05) is 6.92 Å². The highest BCUT2D eigenvalue weighted by Crippen LogP contribution is 2.19. The molecule has 0 aliphatic carbocycles. The van der Waals surface area contributed by atoms with Crippen molar-refractivity contribution >= 4 is 30.1 Å². The fraction of sp³-hybridized carbons (Fsp3) is 0.500. The van der Waals surface area contributed by atoms with Gasteiger partial charge in [0.05, 0.1) is 10.6 Å². The Morgan fingerprint density at radius 2 is 2.17 bits per heavy atom. The van der Waals surface area contributed by atoms with Crippen LogP contribution in [0.5, 0.6) is 0 Å². The number of halogens is 1. The summed E-state index contributed by atoms with van der Waals surface area (Å²) in [4.78, 5) is 12.8. The van der Waals surface area contributed by atoms with Crippen LogP contribution in [0.25, 0.3) is 0 Å². The molecule has 0 heterocycles. The first-order valence-corrected chi connectivity index (χ1v) is 7.16. The molecule has 0 radical (unpaired) electrons. The first-order valence-electron chi connectivity index (χ1n) is 6.34. The molecule has 0 saturated heterocycles. The molecule has 0 aliphatic rings. The predicted octanol–water partition coefficient (Wildman–Crippen LogP) is 4.33. The van der Waals surface area contributed by atoms with Gasteiger partial charge < -0.3 is 5.32 Å². The molecule has 0 fully saturated rings. The topological polar surface area (TPSA) is 29.1 Å². The zero-order chi connectivity index (χ0) is 13.5. The standard InChI is InChI=1S/C14H20ClNOS/c1-3-4-5-6-10(2)16-14(17)12-9-11(18)7-8-13(12)15/h7-10,18H,3-6H2,1-2H3,(H,16,17). The summed E-state index contributed by atoms with van der Waals surface area (Å²) in [5.41, 5.74) is 0.492. The number of carbonyl (C=O) groups is 1. The highest BCUT2D eigenvalue weighted by molar-refractivity contribution is 7.80. The van der Waals surface area contributed by atoms with Crippen molar-refractivity contribution in [3.8, 4) is 0 Å². The van der Waals surface area contributed by atoms with Crippen LogP contribution in [0.4, 0.5) is 0 Å². The van der Waals surface area contributed by atoms with Gasteiger partial charge in [0.2, 0.25) is 0 Å². The van der Waals surface area contributed by atoms with E-state index in [9.17, 15) is 4.79 Å². The van der Waals surface area contributed by atoms with Gasteiger partial charge in [-0.2, -0.15) is 0 Å². The molecule has 1 aromatic rings. The van der Waals surface area contributed by atoms with E-state index >= 15 is 0 Å². The zero-order valence-electron chi connectivity index (χ0n) is 10.9. The number of hydrogen-bond donors (Lipinski definition) is 2. The molecule has 0 aromatic heterocycles. The average molecular weight is 286 g/mol. The van der Waals surface area contributed by atoms with Crippen molar-refractivity contribution in [1.82, 2.24) is 5.32 Å².